The number of ether oxygens (including phenoxy) is 1. The number of phosphoric ester groups is 1. The predicted octanol–water partition coefficient (Wildman–Crippen LogP) is 5.55. The highest BCUT2D eigenvalue weighted by molar-refractivity contribution is 7.48. The first-order chi connectivity index (χ1) is 28.8. The number of aromatic amines is 1. The van der Waals surface area contributed by atoms with E-state index in [-0.39, 0.29) is 78.0 Å². The summed E-state index contributed by atoms with van der Waals surface area (Å²) in [6.07, 6.45) is 1.06. The second-order valence-corrected chi connectivity index (χ2v) is 14.4. The number of rotatable bonds is 22. The molecule has 5 aromatic rings. The van der Waals surface area contributed by atoms with Crippen molar-refractivity contribution in [2.75, 3.05) is 30.5 Å². The van der Waals surface area contributed by atoms with Gasteiger partial charge in [0.1, 0.15) is 18.5 Å². The minimum absolute atomic E-state index is 0.0105. The zero-order valence-corrected chi connectivity index (χ0v) is 33.2. The number of carbonyl (C=O) groups is 4. The number of nitrogens with zero attached hydrogens (tertiary/aromatic N) is 3. The number of H-pyrrole nitrogens is 1. The molecule has 5 rings (SSSR count). The molecule has 316 valence electrons. The summed E-state index contributed by atoms with van der Waals surface area (Å²) in [5, 5.41) is 26.4. The quantitative estimate of drug-likeness (QED) is 0.0283. The number of esters is 1. The van der Waals surface area contributed by atoms with Crippen LogP contribution in [0.3, 0.4) is 0 Å². The van der Waals surface area contributed by atoms with Crippen LogP contribution in [0.5, 0.6) is 5.75 Å². The van der Waals surface area contributed by atoms with Gasteiger partial charge in [0, 0.05) is 17.7 Å². The highest BCUT2D eigenvalue weighted by Crippen LogP contribution is 2.49. The van der Waals surface area contributed by atoms with Crippen LogP contribution < -0.4 is 26.2 Å². The number of hydrogen-bond acceptors (Lipinski definition) is 15. The van der Waals surface area contributed by atoms with E-state index in [1.54, 1.807) is 50.2 Å². The second-order valence-electron chi connectivity index (χ2n) is 12.7. The fraction of sp³-hybridized carbons (Fsp3) is 0.282. The third-order valence-electron chi connectivity index (χ3n) is 8.40. The van der Waals surface area contributed by atoms with Gasteiger partial charge < -0.3 is 30.9 Å². The van der Waals surface area contributed by atoms with Crippen LogP contribution in [-0.2, 0) is 47.4 Å². The number of phosphoric acid groups is 1. The van der Waals surface area contributed by atoms with Crippen molar-refractivity contribution in [1.29, 1.82) is 0 Å². The fourth-order valence-corrected chi connectivity index (χ4v) is 6.64. The van der Waals surface area contributed by atoms with Crippen LogP contribution in [0.15, 0.2) is 77.7 Å². The molecule has 0 aliphatic heterocycles. The molecule has 0 aliphatic rings. The molecule has 0 fully saturated rings. The lowest BCUT2D eigenvalue weighted by Gasteiger charge is -2.16. The topological polar surface area (TPSA) is 270 Å². The SMILES string of the molecule is CCOP(=O)(OCC)OCCc1ccc(OC(=O)c2ccc(CF)cc2Nc2nc3ncc(CNc4ccc(C(=O)N[C@@H](CCC(=O)O)C(=O)O)cc4)nc3c(=O)[nH]2)cc1. The van der Waals surface area contributed by atoms with Crippen molar-refractivity contribution in [3.63, 3.8) is 0 Å². The molecule has 2 heterocycles. The van der Waals surface area contributed by atoms with E-state index in [2.05, 4.69) is 35.9 Å². The molecule has 21 heteroatoms. The number of hydrogen-bond donors (Lipinski definition) is 6. The molecular weight excluding hydrogens is 808 g/mol. The normalized spacial score (nSPS) is 11.8. The maximum Gasteiger partial charge on any atom is 0.474 e. The lowest BCUT2D eigenvalue weighted by Crippen LogP contribution is -2.41. The van der Waals surface area contributed by atoms with Crippen LogP contribution in [0.4, 0.5) is 21.7 Å². The van der Waals surface area contributed by atoms with Crippen LogP contribution in [0.1, 0.15) is 64.2 Å². The van der Waals surface area contributed by atoms with Gasteiger partial charge in [0.25, 0.3) is 11.5 Å². The van der Waals surface area contributed by atoms with Gasteiger partial charge in [-0.2, -0.15) is 4.98 Å². The second kappa shape index (κ2) is 20.9. The Morgan fingerprint density at radius 1 is 0.917 bits per heavy atom. The summed E-state index contributed by atoms with van der Waals surface area (Å²) in [4.78, 5) is 76.8. The highest BCUT2D eigenvalue weighted by atomic mass is 31.2. The molecule has 0 bridgehead atoms. The van der Waals surface area contributed by atoms with Gasteiger partial charge >= 0.3 is 25.7 Å². The van der Waals surface area contributed by atoms with Crippen LogP contribution >= 0.6 is 7.82 Å². The van der Waals surface area contributed by atoms with E-state index in [1.165, 1.54) is 36.5 Å². The number of carbonyl (C=O) groups excluding carboxylic acids is 2. The fourth-order valence-electron chi connectivity index (χ4n) is 5.47. The molecule has 0 radical (unpaired) electrons. The molecule has 6 N–H and O–H groups in total. The van der Waals surface area contributed by atoms with Crippen molar-refractivity contribution in [1.82, 2.24) is 25.3 Å². The van der Waals surface area contributed by atoms with Gasteiger partial charge in [-0.3, -0.25) is 32.9 Å². The number of anilines is 3. The maximum atomic E-state index is 13.7. The highest BCUT2D eigenvalue weighted by Gasteiger charge is 2.25. The van der Waals surface area contributed by atoms with Gasteiger partial charge in [-0.25, -0.2) is 28.5 Å². The van der Waals surface area contributed by atoms with E-state index < -0.39 is 56.3 Å². The van der Waals surface area contributed by atoms with E-state index in [9.17, 15) is 38.0 Å². The summed E-state index contributed by atoms with van der Waals surface area (Å²) in [7, 11) is -3.66. The minimum Gasteiger partial charge on any atom is -0.481 e. The molecule has 60 heavy (non-hydrogen) atoms. The Labute approximate surface area is 341 Å². The van der Waals surface area contributed by atoms with Crippen LogP contribution in [0.2, 0.25) is 0 Å². The zero-order chi connectivity index (χ0) is 43.2. The number of aromatic nitrogens is 4. The molecule has 0 aliphatic carbocycles. The summed E-state index contributed by atoms with van der Waals surface area (Å²) in [5.74, 6) is -3.92. The number of carboxylic acids is 2. The summed E-state index contributed by atoms with van der Waals surface area (Å²) in [5.41, 5.74) is 1.41. The van der Waals surface area contributed by atoms with Crippen molar-refractivity contribution < 1.29 is 56.7 Å². The van der Waals surface area contributed by atoms with Gasteiger partial charge in [0.05, 0.1) is 49.5 Å². The molecule has 0 unspecified atom stereocenters. The molecule has 1 atom stereocenters. The first-order valence-corrected chi connectivity index (χ1v) is 19.9. The van der Waals surface area contributed by atoms with E-state index in [0.29, 0.717) is 17.8 Å². The average Bonchev–Trinajstić information content (AvgIpc) is 3.22. The summed E-state index contributed by atoms with van der Waals surface area (Å²) < 4.78 is 47.4. The molecule has 0 saturated heterocycles. The number of alkyl halides is 1. The van der Waals surface area contributed by atoms with Crippen molar-refractivity contribution >= 4 is 60.1 Å². The van der Waals surface area contributed by atoms with Crippen LogP contribution in [0.25, 0.3) is 11.2 Å². The van der Waals surface area contributed by atoms with E-state index >= 15 is 0 Å². The number of fused-ring (bicyclic) bond motifs is 1. The monoisotopic (exact) mass is 849 g/mol. The van der Waals surface area contributed by atoms with Crippen molar-refractivity contribution in [3.05, 3.63) is 111 Å². The molecule has 3 aromatic carbocycles. The van der Waals surface area contributed by atoms with E-state index in [0.717, 1.165) is 5.56 Å². The number of benzene rings is 3. The van der Waals surface area contributed by atoms with E-state index in [4.69, 9.17) is 23.4 Å². The Bertz CT molecular complexity index is 2420. The summed E-state index contributed by atoms with van der Waals surface area (Å²) in [6.45, 7) is 3.00. The lowest BCUT2D eigenvalue weighted by atomic mass is 10.1. The molecule has 19 nitrogen and oxygen atoms in total. The Hall–Kier alpha value is -6.60. The van der Waals surface area contributed by atoms with Gasteiger partial charge in [-0.05, 0) is 86.3 Å². The van der Waals surface area contributed by atoms with Gasteiger partial charge in [0.2, 0.25) is 5.95 Å². The van der Waals surface area contributed by atoms with Crippen molar-refractivity contribution in [2.45, 2.75) is 52.4 Å². The third kappa shape index (κ3) is 12.5. The summed E-state index contributed by atoms with van der Waals surface area (Å²) >= 11 is 0. The molecule has 0 saturated carbocycles. The number of halogens is 1. The zero-order valence-electron chi connectivity index (χ0n) is 32.3. The largest absolute Gasteiger partial charge is 0.481 e. The van der Waals surface area contributed by atoms with Gasteiger partial charge in [-0.15, -0.1) is 0 Å². The number of carboxylic acid groups (broad SMARTS) is 2. The van der Waals surface area contributed by atoms with Crippen LogP contribution in [-0.4, -0.2) is 79.8 Å². The number of amides is 1. The smallest absolute Gasteiger partial charge is 0.474 e. The van der Waals surface area contributed by atoms with E-state index in [1.807, 2.05) is 0 Å². The predicted molar refractivity (Wildman–Crippen MR) is 214 cm³/mol. The maximum absolute atomic E-state index is 13.7. The number of aliphatic carboxylic acids is 2. The Kier molecular flexibility index (Phi) is 15.5. The Balaban J connectivity index is 1.21. The first-order valence-electron chi connectivity index (χ1n) is 18.5. The Morgan fingerprint density at radius 3 is 2.27 bits per heavy atom. The van der Waals surface area contributed by atoms with Gasteiger partial charge in [-0.1, -0.05) is 18.2 Å². The standard InChI is InChI=1S/C39H41FN7O12P/c1-3-56-60(55,57-4-2)58-18-17-23-5-12-28(13-6-23)59-38(54)29-14-7-24(20-40)19-31(29)45-39-46-34-33(36(51)47-39)43-27(22-42-34)21-41-26-10-8-25(9-11-26)35(50)44-30(37(52)53)15-16-32(48)49/h5-14,19,22,30,41H,3-4,15-18,20-21H2,1-2H3,(H,44,50)(H,48,49)(H,52,53)(H2,42,45,46,47,51)/t30-/m0/s1. The molecular formula is C39H41FN7O12P. The molecule has 2 aromatic heterocycles. The third-order valence-corrected chi connectivity index (χ3v) is 10.0. The first kappa shape index (κ1) is 44.5. The van der Waals surface area contributed by atoms with Gasteiger partial charge in [0.15, 0.2) is 11.2 Å². The Morgan fingerprint density at radius 2 is 1.62 bits per heavy atom. The van der Waals surface area contributed by atoms with Crippen molar-refractivity contribution in [3.8, 4) is 5.75 Å². The minimum atomic E-state index is -3.66. The van der Waals surface area contributed by atoms with Crippen LogP contribution in [0, 0.1) is 0 Å². The lowest BCUT2D eigenvalue weighted by molar-refractivity contribution is -0.140. The number of nitrogens with one attached hydrogen (secondary N) is 4. The molecule has 0 spiro atoms. The molecule has 1 amide bonds. The van der Waals surface area contributed by atoms with Crippen molar-refractivity contribution in [2.24, 2.45) is 0 Å². The average molecular weight is 850 g/mol. The summed E-state index contributed by atoms with van der Waals surface area (Å²) in [6, 6.07) is 15.4.